The molecular formula is C29H41N3O6S. The van der Waals surface area contributed by atoms with Gasteiger partial charge in [0.1, 0.15) is 17.5 Å². The van der Waals surface area contributed by atoms with Crippen LogP contribution < -0.4 is 19.1 Å². The minimum atomic E-state index is -3.57. The molecule has 0 aliphatic heterocycles. The number of carbonyl (C=O) groups is 2. The van der Waals surface area contributed by atoms with Crippen molar-refractivity contribution in [3.63, 3.8) is 0 Å². The maximum Gasteiger partial charge on any atom is 0.243 e. The quantitative estimate of drug-likeness (QED) is 0.373. The van der Waals surface area contributed by atoms with E-state index in [9.17, 15) is 18.0 Å². The summed E-state index contributed by atoms with van der Waals surface area (Å²) in [5, 5.41) is 3.14. The molecule has 3 rings (SSSR count). The van der Waals surface area contributed by atoms with Crippen molar-refractivity contribution in [2.45, 2.75) is 70.5 Å². The Hall–Kier alpha value is -3.27. The van der Waals surface area contributed by atoms with Crippen LogP contribution in [-0.4, -0.2) is 64.2 Å². The molecule has 2 aromatic rings. The molecule has 0 spiro atoms. The molecule has 214 valence electrons. The van der Waals surface area contributed by atoms with Crippen LogP contribution in [-0.2, 0) is 26.2 Å². The topological polar surface area (TPSA) is 105 Å². The van der Waals surface area contributed by atoms with Gasteiger partial charge < -0.3 is 19.7 Å². The minimum absolute atomic E-state index is 0.0966. The van der Waals surface area contributed by atoms with Gasteiger partial charge in [-0.15, -0.1) is 0 Å². The number of rotatable bonds is 14. The molecule has 0 aromatic heterocycles. The van der Waals surface area contributed by atoms with E-state index in [-0.39, 0.29) is 37.4 Å². The lowest BCUT2D eigenvalue weighted by Gasteiger charge is -2.32. The van der Waals surface area contributed by atoms with E-state index in [0.717, 1.165) is 37.5 Å². The summed E-state index contributed by atoms with van der Waals surface area (Å²) in [5.41, 5.74) is 1.35. The number of ether oxygens (including phenoxy) is 2. The lowest BCUT2D eigenvalue weighted by molar-refractivity contribution is -0.141. The summed E-state index contributed by atoms with van der Waals surface area (Å²) in [6.07, 6.45) is 6.12. The van der Waals surface area contributed by atoms with Gasteiger partial charge in [0.2, 0.25) is 21.8 Å². The van der Waals surface area contributed by atoms with Crippen molar-refractivity contribution >= 4 is 27.5 Å². The van der Waals surface area contributed by atoms with Crippen LogP contribution in [0.3, 0.4) is 0 Å². The fourth-order valence-corrected chi connectivity index (χ4v) is 5.97. The van der Waals surface area contributed by atoms with Gasteiger partial charge in [-0.2, -0.15) is 0 Å². The molecule has 0 unspecified atom stereocenters. The van der Waals surface area contributed by atoms with Crippen LogP contribution >= 0.6 is 0 Å². The molecule has 10 heteroatoms. The van der Waals surface area contributed by atoms with Crippen LogP contribution in [0.4, 0.5) is 5.69 Å². The average Bonchev–Trinajstić information content (AvgIpc) is 3.43. The van der Waals surface area contributed by atoms with Crippen LogP contribution in [0.25, 0.3) is 0 Å². The second-order valence-electron chi connectivity index (χ2n) is 9.92. The zero-order valence-corrected chi connectivity index (χ0v) is 24.2. The highest BCUT2D eigenvalue weighted by molar-refractivity contribution is 7.92. The summed E-state index contributed by atoms with van der Waals surface area (Å²) in [5.74, 6) is 0.953. The molecule has 1 aliphatic carbocycles. The Morgan fingerprint density at radius 2 is 1.69 bits per heavy atom. The van der Waals surface area contributed by atoms with E-state index in [0.29, 0.717) is 30.0 Å². The Morgan fingerprint density at radius 1 is 1.03 bits per heavy atom. The van der Waals surface area contributed by atoms with E-state index < -0.39 is 16.1 Å². The SMILES string of the molecule is CC[C@H](C(=O)NC1CCCC1)N(Cc1cccc(OC)c1)C(=O)CCCN(c1ccc(OC)cc1)S(C)(=O)=O. The highest BCUT2D eigenvalue weighted by atomic mass is 32.2. The largest absolute Gasteiger partial charge is 0.497 e. The van der Waals surface area contributed by atoms with Gasteiger partial charge in [0.15, 0.2) is 0 Å². The third kappa shape index (κ3) is 8.61. The van der Waals surface area contributed by atoms with Gasteiger partial charge in [0, 0.05) is 25.6 Å². The van der Waals surface area contributed by atoms with Crippen LogP contribution in [0.15, 0.2) is 48.5 Å². The monoisotopic (exact) mass is 559 g/mol. The molecule has 0 bridgehead atoms. The van der Waals surface area contributed by atoms with Gasteiger partial charge in [-0.1, -0.05) is 31.9 Å². The van der Waals surface area contributed by atoms with Crippen LogP contribution in [0.1, 0.15) is 57.4 Å². The van der Waals surface area contributed by atoms with Crippen molar-refractivity contribution in [1.29, 1.82) is 0 Å². The van der Waals surface area contributed by atoms with Crippen molar-refractivity contribution in [1.82, 2.24) is 10.2 Å². The van der Waals surface area contributed by atoms with E-state index in [2.05, 4.69) is 5.32 Å². The first kappa shape index (κ1) is 30.3. The van der Waals surface area contributed by atoms with Gasteiger partial charge in [-0.3, -0.25) is 13.9 Å². The van der Waals surface area contributed by atoms with Crippen molar-refractivity contribution in [3.05, 3.63) is 54.1 Å². The molecule has 1 aliphatic rings. The van der Waals surface area contributed by atoms with Gasteiger partial charge in [-0.25, -0.2) is 8.42 Å². The maximum atomic E-state index is 13.6. The average molecular weight is 560 g/mol. The number of hydrogen-bond acceptors (Lipinski definition) is 6. The standard InChI is InChI=1S/C29H41N3O6S/c1-5-27(29(34)30-23-11-6-7-12-23)31(21-22-10-8-13-26(20-22)38-3)28(33)14-9-19-32(39(4,35)36)24-15-17-25(37-2)18-16-24/h8,10,13,15-18,20,23,27H,5-7,9,11-12,14,19,21H2,1-4H3,(H,30,34)/t27-/m1/s1. The zero-order valence-electron chi connectivity index (χ0n) is 23.4. The normalized spacial score (nSPS) is 14.5. The molecule has 2 aromatic carbocycles. The van der Waals surface area contributed by atoms with E-state index in [4.69, 9.17) is 9.47 Å². The molecule has 0 radical (unpaired) electrons. The Morgan fingerprint density at radius 3 is 2.28 bits per heavy atom. The summed E-state index contributed by atoms with van der Waals surface area (Å²) in [6, 6.07) is 13.7. The van der Waals surface area contributed by atoms with Gasteiger partial charge in [0.25, 0.3) is 0 Å². The molecule has 1 N–H and O–H groups in total. The molecule has 0 saturated heterocycles. The van der Waals surface area contributed by atoms with E-state index in [1.807, 2.05) is 31.2 Å². The first-order valence-corrected chi connectivity index (χ1v) is 15.4. The molecule has 1 saturated carbocycles. The zero-order chi connectivity index (χ0) is 28.4. The summed E-state index contributed by atoms with van der Waals surface area (Å²) >= 11 is 0. The number of sulfonamides is 1. The predicted molar refractivity (Wildman–Crippen MR) is 152 cm³/mol. The number of methoxy groups -OCH3 is 2. The van der Waals surface area contributed by atoms with Crippen LogP contribution in [0.5, 0.6) is 11.5 Å². The van der Waals surface area contributed by atoms with Gasteiger partial charge >= 0.3 is 0 Å². The second-order valence-corrected chi connectivity index (χ2v) is 11.8. The van der Waals surface area contributed by atoms with Crippen LogP contribution in [0, 0.1) is 0 Å². The molecule has 1 atom stereocenters. The molecule has 2 amide bonds. The lowest BCUT2D eigenvalue weighted by atomic mass is 10.1. The highest BCUT2D eigenvalue weighted by Gasteiger charge is 2.30. The van der Waals surface area contributed by atoms with Gasteiger partial charge in [-0.05, 0) is 67.6 Å². The number of hydrogen-bond donors (Lipinski definition) is 1. The number of nitrogens with zero attached hydrogens (tertiary/aromatic N) is 2. The Kier molecular flexibility index (Phi) is 11.0. The summed E-state index contributed by atoms with van der Waals surface area (Å²) in [4.78, 5) is 28.6. The molecular weight excluding hydrogens is 518 g/mol. The first-order chi connectivity index (χ1) is 18.7. The Labute approximate surface area is 232 Å². The fourth-order valence-electron chi connectivity index (χ4n) is 5.01. The maximum absolute atomic E-state index is 13.6. The summed E-state index contributed by atoms with van der Waals surface area (Å²) in [7, 11) is -0.439. The predicted octanol–water partition coefficient (Wildman–Crippen LogP) is 4.12. The minimum Gasteiger partial charge on any atom is -0.497 e. The number of benzene rings is 2. The number of carbonyl (C=O) groups excluding carboxylic acids is 2. The number of anilines is 1. The summed E-state index contributed by atoms with van der Waals surface area (Å²) < 4.78 is 36.9. The van der Waals surface area contributed by atoms with Crippen molar-refractivity contribution in [2.24, 2.45) is 0 Å². The smallest absolute Gasteiger partial charge is 0.243 e. The van der Waals surface area contributed by atoms with E-state index in [1.54, 1.807) is 43.4 Å². The lowest BCUT2D eigenvalue weighted by Crippen LogP contribution is -2.51. The molecule has 9 nitrogen and oxygen atoms in total. The highest BCUT2D eigenvalue weighted by Crippen LogP contribution is 2.24. The Bertz CT molecular complexity index is 1200. The number of nitrogens with one attached hydrogen (secondary N) is 1. The first-order valence-electron chi connectivity index (χ1n) is 13.5. The Balaban J connectivity index is 1.76. The number of amides is 2. The third-order valence-corrected chi connectivity index (χ3v) is 8.28. The molecule has 1 fully saturated rings. The second kappa shape index (κ2) is 14.2. The van der Waals surface area contributed by atoms with E-state index in [1.165, 1.54) is 4.31 Å². The summed E-state index contributed by atoms with van der Waals surface area (Å²) in [6.45, 7) is 2.29. The molecule has 39 heavy (non-hydrogen) atoms. The molecule has 0 heterocycles. The van der Waals surface area contributed by atoms with Crippen molar-refractivity contribution in [3.8, 4) is 11.5 Å². The third-order valence-electron chi connectivity index (χ3n) is 7.09. The van der Waals surface area contributed by atoms with Crippen molar-refractivity contribution < 1.29 is 27.5 Å². The van der Waals surface area contributed by atoms with E-state index >= 15 is 0 Å². The van der Waals surface area contributed by atoms with Gasteiger partial charge in [0.05, 0.1) is 26.2 Å². The fraction of sp³-hybridized carbons (Fsp3) is 0.517. The van der Waals surface area contributed by atoms with Crippen LogP contribution in [0.2, 0.25) is 0 Å². The van der Waals surface area contributed by atoms with Crippen molar-refractivity contribution in [2.75, 3.05) is 31.3 Å².